The monoisotopic (exact) mass is 310 g/mol. The highest BCUT2D eigenvalue weighted by Gasteiger charge is 2.07. The molecule has 4 nitrogen and oxygen atoms in total. The third kappa shape index (κ3) is 3.04. The maximum atomic E-state index is 10.8. The fourth-order valence-electron chi connectivity index (χ4n) is 1.16. The fraction of sp³-hybridized carbons (Fsp3) is 0. The maximum absolute atomic E-state index is 10.8. The van der Waals surface area contributed by atoms with E-state index in [2.05, 4.69) is 25.9 Å². The lowest BCUT2D eigenvalue weighted by atomic mass is 10.3. The van der Waals surface area contributed by atoms with Gasteiger partial charge in [0.1, 0.15) is 5.69 Å². The van der Waals surface area contributed by atoms with Gasteiger partial charge in [-0.15, -0.1) is 0 Å². The van der Waals surface area contributed by atoms with E-state index < -0.39 is 5.97 Å². The van der Waals surface area contributed by atoms with Crippen molar-refractivity contribution in [1.29, 1.82) is 0 Å². The van der Waals surface area contributed by atoms with Crippen LogP contribution in [0.15, 0.2) is 51.1 Å². The molecule has 0 aliphatic carbocycles. The van der Waals surface area contributed by atoms with Crippen LogP contribution in [-0.4, -0.2) is 21.0 Å². The van der Waals surface area contributed by atoms with Gasteiger partial charge >= 0.3 is 5.97 Å². The minimum Gasteiger partial charge on any atom is -0.477 e. The molecular weight excluding hydrogens is 304 g/mol. The molecular formula is C11H7BrN2O2S. The predicted molar refractivity (Wildman–Crippen MR) is 67.3 cm³/mol. The van der Waals surface area contributed by atoms with E-state index >= 15 is 0 Å². The topological polar surface area (TPSA) is 63.1 Å². The van der Waals surface area contributed by atoms with E-state index in [1.807, 2.05) is 6.07 Å². The van der Waals surface area contributed by atoms with Crippen molar-refractivity contribution in [2.45, 2.75) is 9.79 Å². The van der Waals surface area contributed by atoms with Crippen molar-refractivity contribution in [2.75, 3.05) is 0 Å². The Morgan fingerprint density at radius 1 is 1.35 bits per heavy atom. The smallest absolute Gasteiger partial charge is 0.354 e. The van der Waals surface area contributed by atoms with Gasteiger partial charge < -0.3 is 5.11 Å². The van der Waals surface area contributed by atoms with E-state index in [1.54, 1.807) is 24.5 Å². The highest BCUT2D eigenvalue weighted by atomic mass is 79.9. The summed E-state index contributed by atoms with van der Waals surface area (Å²) >= 11 is 4.84. The van der Waals surface area contributed by atoms with Crippen LogP contribution >= 0.6 is 27.7 Å². The molecule has 1 N–H and O–H groups in total. The first-order valence-electron chi connectivity index (χ1n) is 4.63. The summed E-state index contributed by atoms with van der Waals surface area (Å²) in [7, 11) is 0. The summed E-state index contributed by atoms with van der Waals surface area (Å²) < 4.78 is 0.874. The molecule has 0 amide bonds. The molecule has 2 aromatic heterocycles. The average molecular weight is 311 g/mol. The molecule has 2 aromatic rings. The number of carboxylic acids is 1. The molecule has 0 aromatic carbocycles. The third-order valence-electron chi connectivity index (χ3n) is 1.91. The maximum Gasteiger partial charge on any atom is 0.354 e. The van der Waals surface area contributed by atoms with Crippen molar-refractivity contribution < 1.29 is 9.90 Å². The zero-order valence-electron chi connectivity index (χ0n) is 8.50. The molecule has 17 heavy (non-hydrogen) atoms. The molecule has 6 heteroatoms. The van der Waals surface area contributed by atoms with Crippen molar-refractivity contribution >= 4 is 33.7 Å². The molecule has 0 spiro atoms. The molecule has 2 heterocycles. The van der Waals surface area contributed by atoms with E-state index in [0.29, 0.717) is 0 Å². The van der Waals surface area contributed by atoms with Gasteiger partial charge in [-0.05, 0) is 34.1 Å². The van der Waals surface area contributed by atoms with Crippen molar-refractivity contribution in [2.24, 2.45) is 0 Å². The number of aromatic nitrogens is 2. The summed E-state index contributed by atoms with van der Waals surface area (Å²) in [6.45, 7) is 0. The van der Waals surface area contributed by atoms with Crippen LogP contribution in [0.3, 0.4) is 0 Å². The Labute approximate surface area is 110 Å². The van der Waals surface area contributed by atoms with E-state index in [0.717, 1.165) is 14.3 Å². The van der Waals surface area contributed by atoms with Crippen LogP contribution in [0.25, 0.3) is 0 Å². The van der Waals surface area contributed by atoms with Gasteiger partial charge in [-0.25, -0.2) is 9.78 Å². The number of aromatic carboxylic acids is 1. The number of carbonyl (C=O) groups is 1. The molecule has 0 unspecified atom stereocenters. The van der Waals surface area contributed by atoms with Crippen LogP contribution in [0.2, 0.25) is 0 Å². The Balaban J connectivity index is 2.28. The lowest BCUT2D eigenvalue weighted by Crippen LogP contribution is -1.99. The summed E-state index contributed by atoms with van der Waals surface area (Å²) in [5.41, 5.74) is 0.0418. The SMILES string of the molecule is O=C(O)c1cc(Sc2ccncc2Br)ccn1. The highest BCUT2D eigenvalue weighted by Crippen LogP contribution is 2.32. The Morgan fingerprint density at radius 3 is 2.88 bits per heavy atom. The molecule has 0 aliphatic heterocycles. The van der Waals surface area contributed by atoms with E-state index in [4.69, 9.17) is 5.11 Å². The van der Waals surface area contributed by atoms with Crippen molar-refractivity contribution in [3.05, 3.63) is 47.0 Å². The molecule has 0 bridgehead atoms. The van der Waals surface area contributed by atoms with Crippen LogP contribution < -0.4 is 0 Å². The Bertz CT molecular complexity index is 563. The van der Waals surface area contributed by atoms with Crippen molar-refractivity contribution in [3.63, 3.8) is 0 Å². The summed E-state index contributed by atoms with van der Waals surface area (Å²) in [6, 6.07) is 5.17. The van der Waals surface area contributed by atoms with Gasteiger partial charge in [0.25, 0.3) is 0 Å². The number of rotatable bonds is 3. The largest absolute Gasteiger partial charge is 0.477 e. The second-order valence-electron chi connectivity index (χ2n) is 3.09. The van der Waals surface area contributed by atoms with Gasteiger partial charge in [0.2, 0.25) is 0 Å². The fourth-order valence-corrected chi connectivity index (χ4v) is 2.49. The van der Waals surface area contributed by atoms with E-state index in [9.17, 15) is 4.79 Å². The molecule has 0 saturated carbocycles. The number of carboxylic acid groups (broad SMARTS) is 1. The molecule has 0 fully saturated rings. The number of halogens is 1. The number of pyridine rings is 2. The second-order valence-corrected chi connectivity index (χ2v) is 5.06. The number of nitrogens with zero attached hydrogens (tertiary/aromatic N) is 2. The van der Waals surface area contributed by atoms with Gasteiger partial charge in [0.15, 0.2) is 0 Å². The van der Waals surface area contributed by atoms with Crippen LogP contribution in [0.1, 0.15) is 10.5 Å². The quantitative estimate of drug-likeness (QED) is 0.944. The van der Waals surface area contributed by atoms with Crippen LogP contribution in [0, 0.1) is 0 Å². The average Bonchev–Trinajstić information content (AvgIpc) is 2.32. The van der Waals surface area contributed by atoms with Crippen LogP contribution in [-0.2, 0) is 0 Å². The molecule has 0 aliphatic rings. The summed E-state index contributed by atoms with van der Waals surface area (Å²) in [4.78, 5) is 20.3. The van der Waals surface area contributed by atoms with Crippen molar-refractivity contribution in [1.82, 2.24) is 9.97 Å². The molecule has 0 atom stereocenters. The van der Waals surface area contributed by atoms with Crippen LogP contribution in [0.5, 0.6) is 0 Å². The highest BCUT2D eigenvalue weighted by molar-refractivity contribution is 9.10. The summed E-state index contributed by atoms with van der Waals surface area (Å²) in [6.07, 6.45) is 4.87. The first-order valence-corrected chi connectivity index (χ1v) is 6.24. The Hall–Kier alpha value is -1.40. The first-order chi connectivity index (χ1) is 8.16. The van der Waals surface area contributed by atoms with E-state index in [1.165, 1.54) is 18.0 Å². The van der Waals surface area contributed by atoms with Gasteiger partial charge in [0, 0.05) is 32.9 Å². The van der Waals surface area contributed by atoms with Gasteiger partial charge in [-0.3, -0.25) is 4.98 Å². The van der Waals surface area contributed by atoms with Gasteiger partial charge in [-0.2, -0.15) is 0 Å². The lowest BCUT2D eigenvalue weighted by molar-refractivity contribution is 0.0690. The second kappa shape index (κ2) is 5.29. The Kier molecular flexibility index (Phi) is 3.75. The lowest BCUT2D eigenvalue weighted by Gasteiger charge is -2.03. The van der Waals surface area contributed by atoms with Crippen LogP contribution in [0.4, 0.5) is 0 Å². The first kappa shape index (κ1) is 12.1. The standard InChI is InChI=1S/C11H7BrN2O2S/c12-8-6-13-3-2-10(8)17-7-1-4-14-9(5-7)11(15)16/h1-6H,(H,15,16). The third-order valence-corrected chi connectivity index (χ3v) is 3.87. The summed E-state index contributed by atoms with van der Waals surface area (Å²) in [5.74, 6) is -1.03. The number of hydrogen-bond donors (Lipinski definition) is 1. The zero-order chi connectivity index (χ0) is 12.3. The normalized spacial score (nSPS) is 10.2. The van der Waals surface area contributed by atoms with E-state index in [-0.39, 0.29) is 5.69 Å². The molecule has 0 radical (unpaired) electrons. The summed E-state index contributed by atoms with van der Waals surface area (Å²) in [5, 5.41) is 8.84. The minimum atomic E-state index is -1.03. The zero-order valence-corrected chi connectivity index (χ0v) is 10.9. The molecule has 0 saturated heterocycles. The van der Waals surface area contributed by atoms with Crippen molar-refractivity contribution in [3.8, 4) is 0 Å². The predicted octanol–water partition coefficient (Wildman–Crippen LogP) is 3.09. The van der Waals surface area contributed by atoms with Gasteiger partial charge in [0.05, 0.1) is 0 Å². The Morgan fingerprint density at radius 2 is 2.18 bits per heavy atom. The molecule has 86 valence electrons. The minimum absolute atomic E-state index is 0.0418. The van der Waals surface area contributed by atoms with Gasteiger partial charge in [-0.1, -0.05) is 11.8 Å². The molecule has 2 rings (SSSR count). The number of hydrogen-bond acceptors (Lipinski definition) is 4.